The number of nitrogens with one attached hydrogen (secondary N) is 1. The summed E-state index contributed by atoms with van der Waals surface area (Å²) in [5, 5.41) is 15.2. The molecular formula is C21H17ClFN5O4S. The number of amides is 1. The highest BCUT2D eigenvalue weighted by molar-refractivity contribution is 7.13. The lowest BCUT2D eigenvalue weighted by atomic mass is 10.0. The molecule has 2 aliphatic rings. The molecule has 33 heavy (non-hydrogen) atoms. The number of benzene rings is 1. The van der Waals surface area contributed by atoms with Gasteiger partial charge in [-0.25, -0.2) is 24.1 Å². The van der Waals surface area contributed by atoms with Crippen LogP contribution in [-0.2, 0) is 16.1 Å². The summed E-state index contributed by atoms with van der Waals surface area (Å²) < 4.78 is 19.2. The van der Waals surface area contributed by atoms with Gasteiger partial charge in [-0.15, -0.1) is 11.3 Å². The number of rotatable bonds is 5. The van der Waals surface area contributed by atoms with Crippen molar-refractivity contribution in [2.75, 3.05) is 19.8 Å². The Labute approximate surface area is 196 Å². The van der Waals surface area contributed by atoms with E-state index in [2.05, 4.69) is 20.3 Å². The zero-order valence-corrected chi connectivity index (χ0v) is 18.6. The number of halogens is 2. The van der Waals surface area contributed by atoms with E-state index in [1.807, 2.05) is 4.90 Å². The largest absolute Gasteiger partial charge is 0.478 e. The standard InChI is InChI=1S/C21H17ClFN5O4S/c22-13-5-10(23)1-2-12(13)17-16(21(30)31)14(26-18(27-17)20-24-3-4-33-20)7-28-11-6-25-19(29)15(28)9-32-8-11/h1-5,11,15H,6-9H2,(H,25,29)(H,30,31). The first-order chi connectivity index (χ1) is 15.9. The van der Waals surface area contributed by atoms with Crippen LogP contribution in [0, 0.1) is 5.82 Å². The number of ether oxygens (including phenoxy) is 1. The van der Waals surface area contributed by atoms with Gasteiger partial charge in [0.1, 0.15) is 17.4 Å². The van der Waals surface area contributed by atoms with Crippen LogP contribution in [0.5, 0.6) is 0 Å². The van der Waals surface area contributed by atoms with Gasteiger partial charge in [0.2, 0.25) is 5.91 Å². The predicted octanol–water partition coefficient (Wildman–Crippen LogP) is 2.46. The monoisotopic (exact) mass is 489 g/mol. The van der Waals surface area contributed by atoms with E-state index in [0.717, 1.165) is 6.07 Å². The number of hydrogen-bond acceptors (Lipinski definition) is 8. The highest BCUT2D eigenvalue weighted by atomic mass is 35.5. The maximum atomic E-state index is 13.7. The number of hydrogen-bond donors (Lipinski definition) is 2. The molecule has 12 heteroatoms. The Balaban J connectivity index is 1.68. The molecule has 0 saturated carbocycles. The predicted molar refractivity (Wildman–Crippen MR) is 117 cm³/mol. The van der Waals surface area contributed by atoms with Gasteiger partial charge in [0.05, 0.1) is 35.7 Å². The second kappa shape index (κ2) is 8.75. The van der Waals surface area contributed by atoms with Crippen molar-refractivity contribution in [3.63, 3.8) is 0 Å². The molecule has 4 heterocycles. The first-order valence-electron chi connectivity index (χ1n) is 10.0. The van der Waals surface area contributed by atoms with Crippen molar-refractivity contribution in [1.82, 2.24) is 25.2 Å². The van der Waals surface area contributed by atoms with Crippen molar-refractivity contribution in [3.05, 3.63) is 51.9 Å². The van der Waals surface area contributed by atoms with E-state index in [1.165, 1.54) is 23.5 Å². The minimum Gasteiger partial charge on any atom is -0.478 e. The smallest absolute Gasteiger partial charge is 0.339 e. The first kappa shape index (κ1) is 21.8. The molecule has 0 aliphatic carbocycles. The van der Waals surface area contributed by atoms with Crippen molar-refractivity contribution in [3.8, 4) is 22.1 Å². The van der Waals surface area contributed by atoms with Crippen LogP contribution in [0.1, 0.15) is 16.1 Å². The van der Waals surface area contributed by atoms with Gasteiger partial charge < -0.3 is 15.2 Å². The van der Waals surface area contributed by atoms with Gasteiger partial charge in [-0.3, -0.25) is 9.69 Å². The van der Waals surface area contributed by atoms with E-state index in [4.69, 9.17) is 16.3 Å². The number of aromatic carboxylic acids is 1. The number of carboxylic acids is 1. The normalized spacial score (nSPS) is 20.5. The van der Waals surface area contributed by atoms with E-state index >= 15 is 0 Å². The Morgan fingerprint density at radius 1 is 1.36 bits per heavy atom. The van der Waals surface area contributed by atoms with Crippen molar-refractivity contribution in [2.45, 2.75) is 18.6 Å². The van der Waals surface area contributed by atoms with E-state index in [1.54, 1.807) is 11.6 Å². The molecule has 3 aromatic rings. The highest BCUT2D eigenvalue weighted by Crippen LogP contribution is 2.34. The zero-order valence-electron chi connectivity index (χ0n) is 17.0. The minimum absolute atomic E-state index is 0.0230. The van der Waals surface area contributed by atoms with Crippen LogP contribution >= 0.6 is 22.9 Å². The number of carbonyl (C=O) groups excluding carboxylic acids is 1. The lowest BCUT2D eigenvalue weighted by Gasteiger charge is -2.44. The maximum Gasteiger partial charge on any atom is 0.339 e. The maximum absolute atomic E-state index is 13.7. The second-order valence-corrected chi connectivity index (χ2v) is 8.91. The van der Waals surface area contributed by atoms with E-state index < -0.39 is 17.8 Å². The van der Waals surface area contributed by atoms with Crippen LogP contribution in [0.3, 0.4) is 0 Å². The fraction of sp³-hybridized carbons (Fsp3) is 0.286. The summed E-state index contributed by atoms with van der Waals surface area (Å²) in [5.41, 5.74) is 0.376. The molecule has 0 spiro atoms. The number of fused-ring (bicyclic) bond motifs is 2. The summed E-state index contributed by atoms with van der Waals surface area (Å²) in [7, 11) is 0. The summed E-state index contributed by atoms with van der Waals surface area (Å²) in [6.07, 6.45) is 1.59. The fourth-order valence-corrected chi connectivity index (χ4v) is 4.89. The number of piperazine rings is 1. The number of carbonyl (C=O) groups is 2. The Kier molecular flexibility index (Phi) is 5.79. The summed E-state index contributed by atoms with van der Waals surface area (Å²) in [6.45, 7) is 1.07. The molecule has 2 unspecified atom stereocenters. The van der Waals surface area contributed by atoms with Crippen LogP contribution in [0.4, 0.5) is 4.39 Å². The number of aromatic nitrogens is 3. The average molecular weight is 490 g/mol. The van der Waals surface area contributed by atoms with Gasteiger partial charge in [-0.1, -0.05) is 11.6 Å². The van der Waals surface area contributed by atoms with Crippen molar-refractivity contribution in [1.29, 1.82) is 0 Å². The Morgan fingerprint density at radius 3 is 2.94 bits per heavy atom. The molecule has 2 N–H and O–H groups in total. The molecule has 2 aromatic heterocycles. The fourth-order valence-electron chi connectivity index (χ4n) is 4.06. The molecular weight excluding hydrogens is 473 g/mol. The molecule has 2 atom stereocenters. The topological polar surface area (TPSA) is 118 Å². The Bertz CT molecular complexity index is 1240. The van der Waals surface area contributed by atoms with Gasteiger partial charge in [0, 0.05) is 30.2 Å². The first-order valence-corrected chi connectivity index (χ1v) is 11.3. The summed E-state index contributed by atoms with van der Waals surface area (Å²) in [6, 6.07) is 2.99. The van der Waals surface area contributed by atoms with Crippen LogP contribution in [0.25, 0.3) is 22.1 Å². The highest BCUT2D eigenvalue weighted by Gasteiger charge is 2.41. The van der Waals surface area contributed by atoms with Gasteiger partial charge >= 0.3 is 5.97 Å². The third-order valence-electron chi connectivity index (χ3n) is 5.61. The molecule has 2 saturated heterocycles. The molecule has 1 amide bonds. The summed E-state index contributed by atoms with van der Waals surface area (Å²) in [5.74, 6) is -1.77. The van der Waals surface area contributed by atoms with Crippen LogP contribution in [0.15, 0.2) is 29.8 Å². The van der Waals surface area contributed by atoms with E-state index in [9.17, 15) is 19.1 Å². The number of carboxylic acid groups (broad SMARTS) is 1. The number of thiazole rings is 1. The number of morpholine rings is 1. The van der Waals surface area contributed by atoms with Crippen LogP contribution in [-0.4, -0.2) is 68.7 Å². The third kappa shape index (κ3) is 4.08. The molecule has 2 bridgehead atoms. The molecule has 1 aromatic carbocycles. The SMILES string of the molecule is O=C(O)c1c(CN2C3CNC(=O)C2COC3)nc(-c2nccs2)nc1-c1ccc(F)cc1Cl. The van der Waals surface area contributed by atoms with Crippen molar-refractivity contribution in [2.24, 2.45) is 0 Å². The molecule has 0 radical (unpaired) electrons. The minimum atomic E-state index is -1.26. The van der Waals surface area contributed by atoms with E-state index in [-0.39, 0.29) is 58.5 Å². The summed E-state index contributed by atoms with van der Waals surface area (Å²) in [4.78, 5) is 40.0. The zero-order chi connectivity index (χ0) is 23.1. The van der Waals surface area contributed by atoms with Crippen LogP contribution < -0.4 is 5.32 Å². The van der Waals surface area contributed by atoms with Gasteiger partial charge in [-0.2, -0.15) is 0 Å². The Hall–Kier alpha value is -2.99. The molecule has 170 valence electrons. The molecule has 2 fully saturated rings. The lowest BCUT2D eigenvalue weighted by Crippen LogP contribution is -2.65. The molecule has 2 aliphatic heterocycles. The quantitative estimate of drug-likeness (QED) is 0.561. The van der Waals surface area contributed by atoms with Crippen molar-refractivity contribution < 1.29 is 23.8 Å². The van der Waals surface area contributed by atoms with E-state index in [0.29, 0.717) is 18.2 Å². The lowest BCUT2D eigenvalue weighted by molar-refractivity contribution is -0.144. The molecule has 5 rings (SSSR count). The van der Waals surface area contributed by atoms with Gasteiger partial charge in [0.15, 0.2) is 10.8 Å². The van der Waals surface area contributed by atoms with Gasteiger partial charge in [0.25, 0.3) is 0 Å². The average Bonchev–Trinajstić information content (AvgIpc) is 3.31. The third-order valence-corrected chi connectivity index (χ3v) is 6.69. The Morgan fingerprint density at radius 2 is 2.21 bits per heavy atom. The molecule has 9 nitrogen and oxygen atoms in total. The summed E-state index contributed by atoms with van der Waals surface area (Å²) >= 11 is 7.57. The van der Waals surface area contributed by atoms with Crippen LogP contribution in [0.2, 0.25) is 5.02 Å². The van der Waals surface area contributed by atoms with Crippen molar-refractivity contribution >= 4 is 34.8 Å². The number of nitrogens with zero attached hydrogens (tertiary/aromatic N) is 4. The second-order valence-electron chi connectivity index (χ2n) is 7.61. The van der Waals surface area contributed by atoms with Gasteiger partial charge in [-0.05, 0) is 18.2 Å².